The van der Waals surface area contributed by atoms with Crippen LogP contribution in [0.3, 0.4) is 0 Å². The van der Waals surface area contributed by atoms with Gasteiger partial charge in [0.15, 0.2) is 11.5 Å². The Morgan fingerprint density at radius 2 is 1.61 bits per heavy atom. The molecule has 3 aromatic carbocycles. The van der Waals surface area contributed by atoms with Crippen LogP contribution in [0.2, 0.25) is 0 Å². The van der Waals surface area contributed by atoms with Crippen molar-refractivity contribution >= 4 is 27.3 Å². The van der Waals surface area contributed by atoms with E-state index >= 15 is 0 Å². The number of rotatable bonds is 10. The maximum Gasteiger partial charge on any atom is 0.416 e. The first-order valence-electron chi connectivity index (χ1n) is 11.3. The number of nitrogens with one attached hydrogen (secondary N) is 1. The molecule has 0 aliphatic carbocycles. The Labute approximate surface area is 219 Å². The molecule has 0 saturated carbocycles. The van der Waals surface area contributed by atoms with Crippen molar-refractivity contribution < 1.29 is 40.6 Å². The molecule has 0 aliphatic heterocycles. The van der Waals surface area contributed by atoms with Crippen molar-refractivity contribution in [1.82, 2.24) is 0 Å². The molecule has 3 rings (SSSR count). The fraction of sp³-hybridized carbons (Fsp3) is 0.269. The quantitative estimate of drug-likeness (QED) is 0.365. The Morgan fingerprint density at radius 3 is 2.18 bits per heavy atom. The molecule has 0 fully saturated rings. The van der Waals surface area contributed by atoms with E-state index in [0.717, 1.165) is 12.1 Å². The Morgan fingerprint density at radius 1 is 0.947 bits per heavy atom. The van der Waals surface area contributed by atoms with Crippen molar-refractivity contribution in [1.29, 1.82) is 0 Å². The summed E-state index contributed by atoms with van der Waals surface area (Å²) in [5.74, 6) is 0.133. The van der Waals surface area contributed by atoms with Crippen LogP contribution in [0.25, 0.3) is 0 Å². The van der Waals surface area contributed by atoms with E-state index in [4.69, 9.17) is 14.2 Å². The predicted molar refractivity (Wildman–Crippen MR) is 136 cm³/mol. The van der Waals surface area contributed by atoms with Gasteiger partial charge in [-0.3, -0.25) is 9.10 Å². The van der Waals surface area contributed by atoms with Gasteiger partial charge in [-0.15, -0.1) is 0 Å². The first kappa shape index (κ1) is 28.6. The molecule has 1 N–H and O–H groups in total. The average Bonchev–Trinajstić information content (AvgIpc) is 2.87. The molecule has 0 atom stereocenters. The number of carbonyl (C=O) groups is 1. The number of anilines is 2. The monoisotopic (exact) mass is 552 g/mol. The third-order valence-corrected chi connectivity index (χ3v) is 6.97. The Bertz CT molecular complexity index is 1380. The topological polar surface area (TPSA) is 94.2 Å². The third-order valence-electron chi connectivity index (χ3n) is 5.20. The van der Waals surface area contributed by atoms with Crippen LogP contribution in [0.1, 0.15) is 19.4 Å². The second-order valence-corrected chi connectivity index (χ2v) is 10.2. The molecular formula is C26H27F3N2O6S. The average molecular weight is 553 g/mol. The van der Waals surface area contributed by atoms with Crippen molar-refractivity contribution in [3.8, 4) is 17.2 Å². The highest BCUT2D eigenvalue weighted by Gasteiger charge is 2.33. The summed E-state index contributed by atoms with van der Waals surface area (Å²) in [6.45, 7) is 2.91. The molecule has 0 heterocycles. The molecule has 0 aromatic heterocycles. The molecule has 38 heavy (non-hydrogen) atoms. The number of amides is 1. The van der Waals surface area contributed by atoms with Crippen molar-refractivity contribution in [3.05, 3.63) is 72.3 Å². The number of nitrogens with zero attached hydrogens (tertiary/aromatic N) is 1. The zero-order valence-electron chi connectivity index (χ0n) is 21.1. The largest absolute Gasteiger partial charge is 0.493 e. The molecule has 0 saturated heterocycles. The molecule has 8 nitrogen and oxygen atoms in total. The van der Waals surface area contributed by atoms with Gasteiger partial charge in [0.25, 0.3) is 10.0 Å². The number of hydrogen-bond donors (Lipinski definition) is 1. The molecule has 0 radical (unpaired) electrons. The fourth-order valence-corrected chi connectivity index (χ4v) is 4.91. The number of carbonyl (C=O) groups excluding carboxylic acids is 1. The third kappa shape index (κ3) is 6.88. The van der Waals surface area contributed by atoms with E-state index in [-0.39, 0.29) is 28.2 Å². The first-order chi connectivity index (χ1) is 17.8. The summed E-state index contributed by atoms with van der Waals surface area (Å²) in [5.41, 5.74) is -1.06. The van der Waals surface area contributed by atoms with Crippen LogP contribution in [-0.2, 0) is 21.0 Å². The molecule has 0 unspecified atom stereocenters. The van der Waals surface area contributed by atoms with E-state index in [2.05, 4.69) is 5.32 Å². The van der Waals surface area contributed by atoms with Crippen LogP contribution in [0.4, 0.5) is 24.5 Å². The van der Waals surface area contributed by atoms with E-state index in [1.165, 1.54) is 38.5 Å². The lowest BCUT2D eigenvalue weighted by atomic mass is 10.2. The molecule has 0 spiro atoms. The predicted octanol–water partition coefficient (Wildman–Crippen LogP) is 5.34. The highest BCUT2D eigenvalue weighted by Crippen LogP contribution is 2.35. The zero-order valence-corrected chi connectivity index (χ0v) is 21.9. The van der Waals surface area contributed by atoms with Crippen molar-refractivity contribution in [2.75, 3.05) is 30.4 Å². The number of methoxy groups -OCH3 is 2. The van der Waals surface area contributed by atoms with Gasteiger partial charge in [0.05, 0.1) is 36.5 Å². The van der Waals surface area contributed by atoms with Gasteiger partial charge in [0.2, 0.25) is 5.91 Å². The normalized spacial score (nSPS) is 11.7. The lowest BCUT2D eigenvalue weighted by Gasteiger charge is -2.25. The number of sulfonamides is 1. The van der Waals surface area contributed by atoms with Crippen molar-refractivity contribution in [3.63, 3.8) is 0 Å². The summed E-state index contributed by atoms with van der Waals surface area (Å²) in [6, 6.07) is 13.8. The summed E-state index contributed by atoms with van der Waals surface area (Å²) < 4.78 is 84.0. The van der Waals surface area contributed by atoms with Crippen LogP contribution in [0.15, 0.2) is 71.6 Å². The van der Waals surface area contributed by atoms with Crippen LogP contribution in [-0.4, -0.2) is 41.2 Å². The van der Waals surface area contributed by atoms with Gasteiger partial charge in [0.1, 0.15) is 12.3 Å². The smallest absolute Gasteiger partial charge is 0.416 e. The van der Waals surface area contributed by atoms with Crippen LogP contribution in [0, 0.1) is 0 Å². The second kappa shape index (κ2) is 11.6. The molecular weight excluding hydrogens is 525 g/mol. The Balaban J connectivity index is 1.99. The van der Waals surface area contributed by atoms with Gasteiger partial charge < -0.3 is 19.5 Å². The summed E-state index contributed by atoms with van der Waals surface area (Å²) in [6.07, 6.45) is -4.78. The highest BCUT2D eigenvalue weighted by atomic mass is 32.2. The second-order valence-electron chi connectivity index (χ2n) is 8.32. The van der Waals surface area contributed by atoms with E-state index in [1.807, 2.05) is 13.8 Å². The fourth-order valence-electron chi connectivity index (χ4n) is 3.48. The van der Waals surface area contributed by atoms with Crippen molar-refractivity contribution in [2.45, 2.75) is 31.0 Å². The highest BCUT2D eigenvalue weighted by molar-refractivity contribution is 7.92. The Hall–Kier alpha value is -3.93. The molecule has 3 aromatic rings. The first-order valence-corrected chi connectivity index (χ1v) is 12.8. The molecule has 12 heteroatoms. The lowest BCUT2D eigenvalue weighted by Crippen LogP contribution is -2.38. The van der Waals surface area contributed by atoms with E-state index in [9.17, 15) is 26.4 Å². The molecule has 204 valence electrons. The van der Waals surface area contributed by atoms with Crippen LogP contribution >= 0.6 is 0 Å². The molecule has 1 amide bonds. The molecule has 0 bridgehead atoms. The minimum atomic E-state index is -4.73. The number of benzene rings is 3. The van der Waals surface area contributed by atoms with Gasteiger partial charge in [-0.1, -0.05) is 6.07 Å². The summed E-state index contributed by atoms with van der Waals surface area (Å²) in [5, 5.41) is 2.56. The number of hydrogen-bond acceptors (Lipinski definition) is 6. The van der Waals surface area contributed by atoms with Gasteiger partial charge in [-0.05, 0) is 68.4 Å². The summed E-state index contributed by atoms with van der Waals surface area (Å²) in [4.78, 5) is 12.6. The van der Waals surface area contributed by atoms with Gasteiger partial charge in [0, 0.05) is 11.8 Å². The summed E-state index contributed by atoms with van der Waals surface area (Å²) >= 11 is 0. The maximum atomic E-state index is 13.6. The van der Waals surface area contributed by atoms with E-state index in [0.29, 0.717) is 21.8 Å². The van der Waals surface area contributed by atoms with E-state index in [1.54, 1.807) is 24.3 Å². The van der Waals surface area contributed by atoms with Crippen LogP contribution < -0.4 is 23.8 Å². The number of ether oxygens (including phenoxy) is 3. The standard InChI is InChI=1S/C26H27F3N2O6S/c1-17(2)37-21-10-8-19(9-11-21)30-25(32)16-31(20-7-5-6-18(14-20)26(27,28)29)38(33,34)22-12-13-23(35-3)24(15-22)36-4/h5-15,17H,16H2,1-4H3,(H,30,32). The van der Waals surface area contributed by atoms with Gasteiger partial charge in [-0.25, -0.2) is 8.42 Å². The van der Waals surface area contributed by atoms with Gasteiger partial charge in [-0.2, -0.15) is 13.2 Å². The molecule has 0 aliphatic rings. The Kier molecular flexibility index (Phi) is 8.77. The van der Waals surface area contributed by atoms with Gasteiger partial charge >= 0.3 is 6.18 Å². The maximum absolute atomic E-state index is 13.6. The SMILES string of the molecule is COc1ccc(S(=O)(=O)N(CC(=O)Nc2ccc(OC(C)C)cc2)c2cccc(C(F)(F)F)c2)cc1OC. The van der Waals surface area contributed by atoms with Crippen molar-refractivity contribution in [2.24, 2.45) is 0 Å². The zero-order chi connectivity index (χ0) is 28.1. The number of halogens is 3. The summed E-state index contributed by atoms with van der Waals surface area (Å²) in [7, 11) is -1.85. The minimum Gasteiger partial charge on any atom is -0.493 e. The lowest BCUT2D eigenvalue weighted by molar-refractivity contribution is -0.137. The van der Waals surface area contributed by atoms with E-state index < -0.39 is 34.2 Å². The minimum absolute atomic E-state index is 0.0572. The number of alkyl halides is 3. The van der Waals surface area contributed by atoms with Crippen LogP contribution in [0.5, 0.6) is 17.2 Å².